The second-order valence-electron chi connectivity index (χ2n) is 7.35. The van der Waals surface area contributed by atoms with E-state index in [2.05, 4.69) is 0 Å². The van der Waals surface area contributed by atoms with Crippen LogP contribution in [-0.2, 0) is 11.3 Å². The van der Waals surface area contributed by atoms with Gasteiger partial charge >= 0.3 is 0 Å². The second-order valence-corrected chi connectivity index (χ2v) is 7.35. The first-order chi connectivity index (χ1) is 14.8. The standard InChI is InChI=1S/C21H20O10/c22-6-8-1-2-9-11(5-8)16(25)14-10(15(9)24)3-4-12(17(14)26)30-21-20(29)19(28)18(27)13(7-23)31-21/h1-5,13,18-23,26-29H,6-7H2/t13-,18-,19+,20-,21-/m0/s1. The maximum atomic E-state index is 13.0. The van der Waals surface area contributed by atoms with Crippen LogP contribution in [-0.4, -0.2) is 79.5 Å². The van der Waals surface area contributed by atoms with Gasteiger partial charge in [-0.25, -0.2) is 0 Å². The Labute approximate surface area is 175 Å². The van der Waals surface area contributed by atoms with Crippen molar-refractivity contribution in [3.05, 3.63) is 58.1 Å². The monoisotopic (exact) mass is 432 g/mol. The molecule has 0 aromatic heterocycles. The van der Waals surface area contributed by atoms with Gasteiger partial charge in [0.1, 0.15) is 24.4 Å². The van der Waals surface area contributed by atoms with Crippen molar-refractivity contribution in [2.45, 2.75) is 37.3 Å². The smallest absolute Gasteiger partial charge is 0.229 e. The molecule has 1 heterocycles. The normalized spacial score (nSPS) is 27.6. The Morgan fingerprint density at radius 1 is 0.871 bits per heavy atom. The highest BCUT2D eigenvalue weighted by atomic mass is 16.7. The van der Waals surface area contributed by atoms with Crippen LogP contribution in [0.2, 0.25) is 0 Å². The molecule has 5 atom stereocenters. The van der Waals surface area contributed by atoms with E-state index in [-0.39, 0.29) is 34.6 Å². The molecule has 2 aliphatic rings. The Balaban J connectivity index is 1.70. The molecule has 0 radical (unpaired) electrons. The number of aliphatic hydroxyl groups excluding tert-OH is 5. The predicted molar refractivity (Wildman–Crippen MR) is 102 cm³/mol. The van der Waals surface area contributed by atoms with Gasteiger partial charge in [0.15, 0.2) is 23.1 Å². The molecule has 0 unspecified atom stereocenters. The fraction of sp³-hybridized carbons (Fsp3) is 0.333. The number of aliphatic hydroxyl groups is 5. The summed E-state index contributed by atoms with van der Waals surface area (Å²) in [5.41, 5.74) is 0.209. The zero-order valence-electron chi connectivity index (χ0n) is 16.0. The van der Waals surface area contributed by atoms with Crippen molar-refractivity contribution in [3.8, 4) is 11.5 Å². The van der Waals surface area contributed by atoms with Crippen molar-refractivity contribution in [2.75, 3.05) is 6.61 Å². The van der Waals surface area contributed by atoms with Crippen LogP contribution in [0.25, 0.3) is 0 Å². The number of phenols is 1. The van der Waals surface area contributed by atoms with Crippen LogP contribution < -0.4 is 4.74 Å². The molecule has 2 aromatic carbocycles. The molecule has 0 spiro atoms. The maximum Gasteiger partial charge on any atom is 0.229 e. The lowest BCUT2D eigenvalue weighted by atomic mass is 9.82. The maximum absolute atomic E-state index is 13.0. The quantitative estimate of drug-likeness (QED) is 0.295. The van der Waals surface area contributed by atoms with Crippen molar-refractivity contribution < 1.29 is 49.7 Å². The molecular formula is C21H20O10. The topological polar surface area (TPSA) is 174 Å². The highest BCUT2D eigenvalue weighted by Crippen LogP contribution is 2.40. The van der Waals surface area contributed by atoms with Gasteiger partial charge in [-0.2, -0.15) is 0 Å². The molecule has 1 saturated heterocycles. The van der Waals surface area contributed by atoms with Gasteiger partial charge in [-0.3, -0.25) is 9.59 Å². The Morgan fingerprint density at radius 3 is 2.26 bits per heavy atom. The van der Waals surface area contributed by atoms with Crippen LogP contribution in [0.15, 0.2) is 30.3 Å². The van der Waals surface area contributed by atoms with Crippen molar-refractivity contribution >= 4 is 11.6 Å². The number of carbonyl (C=O) groups is 2. The second kappa shape index (κ2) is 8.00. The number of aromatic hydroxyl groups is 1. The van der Waals surface area contributed by atoms with Crippen LogP contribution in [0.4, 0.5) is 0 Å². The lowest BCUT2D eigenvalue weighted by molar-refractivity contribution is -0.277. The zero-order valence-corrected chi connectivity index (χ0v) is 16.0. The van der Waals surface area contributed by atoms with Gasteiger partial charge in [-0.1, -0.05) is 6.07 Å². The minimum absolute atomic E-state index is 0.0179. The highest BCUT2D eigenvalue weighted by molar-refractivity contribution is 6.29. The number of ether oxygens (including phenoxy) is 2. The summed E-state index contributed by atoms with van der Waals surface area (Å²) in [5.74, 6) is -2.14. The van der Waals surface area contributed by atoms with Crippen molar-refractivity contribution in [3.63, 3.8) is 0 Å². The predicted octanol–water partition coefficient (Wildman–Crippen LogP) is -1.16. The van der Waals surface area contributed by atoms with Crippen LogP contribution in [0.3, 0.4) is 0 Å². The van der Waals surface area contributed by atoms with E-state index in [1.54, 1.807) is 0 Å². The minimum atomic E-state index is -1.72. The van der Waals surface area contributed by atoms with Crippen LogP contribution >= 0.6 is 0 Å². The van der Waals surface area contributed by atoms with Crippen LogP contribution in [0.5, 0.6) is 11.5 Å². The number of fused-ring (bicyclic) bond motifs is 2. The molecule has 6 N–H and O–H groups in total. The van der Waals surface area contributed by atoms with E-state index in [0.29, 0.717) is 5.56 Å². The van der Waals surface area contributed by atoms with Crippen LogP contribution in [0, 0.1) is 0 Å². The molecule has 1 aliphatic heterocycles. The summed E-state index contributed by atoms with van der Waals surface area (Å²) in [4.78, 5) is 25.8. The summed E-state index contributed by atoms with van der Waals surface area (Å²) in [7, 11) is 0. The first-order valence-electron chi connectivity index (χ1n) is 9.44. The number of carbonyl (C=O) groups excluding carboxylic acids is 2. The zero-order chi connectivity index (χ0) is 22.4. The number of phenolic OH excluding ortho intramolecular Hbond substituents is 1. The number of rotatable bonds is 4. The third kappa shape index (κ3) is 3.39. The fourth-order valence-electron chi connectivity index (χ4n) is 3.73. The molecule has 10 heteroatoms. The molecular weight excluding hydrogens is 412 g/mol. The van der Waals surface area contributed by atoms with E-state index in [4.69, 9.17) is 9.47 Å². The van der Waals surface area contributed by atoms with Gasteiger partial charge in [0, 0.05) is 16.7 Å². The lowest BCUT2D eigenvalue weighted by Gasteiger charge is -2.39. The van der Waals surface area contributed by atoms with E-state index in [9.17, 15) is 40.2 Å². The summed E-state index contributed by atoms with van der Waals surface area (Å²) in [5, 5.41) is 59.2. The van der Waals surface area contributed by atoms with Gasteiger partial charge < -0.3 is 40.1 Å². The molecule has 1 fully saturated rings. The summed E-state index contributed by atoms with van der Waals surface area (Å²) < 4.78 is 10.7. The van der Waals surface area contributed by atoms with Gasteiger partial charge in [-0.05, 0) is 29.8 Å². The molecule has 164 valence electrons. The first kappa shape index (κ1) is 21.4. The number of ketones is 2. The van der Waals surface area contributed by atoms with Crippen molar-refractivity contribution in [1.29, 1.82) is 0 Å². The average Bonchev–Trinajstić information content (AvgIpc) is 2.78. The Morgan fingerprint density at radius 2 is 1.58 bits per heavy atom. The highest BCUT2D eigenvalue weighted by Gasteiger charge is 2.45. The van der Waals surface area contributed by atoms with Gasteiger partial charge in [0.2, 0.25) is 6.29 Å². The van der Waals surface area contributed by atoms with Crippen molar-refractivity contribution in [1.82, 2.24) is 0 Å². The third-order valence-corrected chi connectivity index (χ3v) is 5.46. The summed E-state index contributed by atoms with van der Waals surface area (Å²) in [6.45, 7) is -1.01. The largest absolute Gasteiger partial charge is 0.504 e. The molecule has 31 heavy (non-hydrogen) atoms. The lowest BCUT2D eigenvalue weighted by Crippen LogP contribution is -2.60. The summed E-state index contributed by atoms with van der Waals surface area (Å²) >= 11 is 0. The Bertz CT molecular complexity index is 1050. The summed E-state index contributed by atoms with van der Waals surface area (Å²) in [6.07, 6.45) is -7.81. The number of hydrogen-bond acceptors (Lipinski definition) is 10. The minimum Gasteiger partial charge on any atom is -0.504 e. The van der Waals surface area contributed by atoms with Gasteiger partial charge in [0.25, 0.3) is 0 Å². The molecule has 1 aliphatic carbocycles. The number of benzene rings is 2. The molecule has 0 saturated carbocycles. The van der Waals surface area contributed by atoms with Crippen molar-refractivity contribution in [2.24, 2.45) is 0 Å². The van der Waals surface area contributed by atoms with E-state index in [0.717, 1.165) is 0 Å². The first-order valence-corrected chi connectivity index (χ1v) is 9.44. The van der Waals surface area contributed by atoms with Crippen LogP contribution in [0.1, 0.15) is 37.4 Å². The SMILES string of the molecule is O=C1c2ccc(CO)cc2C(=O)c2c1ccc(O[C@H]1O[C@@H](CO)[C@H](O)[C@@H](O)[C@@H]1O)c2O. The Hall–Kier alpha value is -2.86. The summed E-state index contributed by atoms with van der Waals surface area (Å²) in [6, 6.07) is 6.79. The fourth-order valence-corrected chi connectivity index (χ4v) is 3.73. The van der Waals surface area contributed by atoms with E-state index >= 15 is 0 Å². The molecule has 10 nitrogen and oxygen atoms in total. The van der Waals surface area contributed by atoms with E-state index in [1.807, 2.05) is 0 Å². The molecule has 0 amide bonds. The van der Waals surface area contributed by atoms with E-state index in [1.165, 1.54) is 30.3 Å². The number of hydrogen-bond donors (Lipinski definition) is 6. The van der Waals surface area contributed by atoms with E-state index < -0.39 is 54.6 Å². The van der Waals surface area contributed by atoms with Gasteiger partial charge in [-0.15, -0.1) is 0 Å². The van der Waals surface area contributed by atoms with Gasteiger partial charge in [0.05, 0.1) is 18.8 Å². The molecule has 2 aromatic rings. The molecule has 4 rings (SSSR count). The third-order valence-electron chi connectivity index (χ3n) is 5.46. The molecule has 0 bridgehead atoms. The Kier molecular flexibility index (Phi) is 5.52. The average molecular weight is 432 g/mol.